The molecule has 1 aromatic carbocycles. The van der Waals surface area contributed by atoms with Crippen molar-refractivity contribution in [1.29, 1.82) is 0 Å². The topological polar surface area (TPSA) is 77.2 Å². The number of hydrogen-bond donors (Lipinski definition) is 1. The highest BCUT2D eigenvalue weighted by Gasteiger charge is 2.20. The minimum Gasteiger partial charge on any atom is -0.379 e. The number of amides is 1. The van der Waals surface area contributed by atoms with Gasteiger partial charge in [0.25, 0.3) is 5.91 Å². The molecule has 1 N–H and O–H groups in total. The second-order valence-electron chi connectivity index (χ2n) is 6.45. The van der Waals surface area contributed by atoms with E-state index >= 15 is 0 Å². The molecule has 1 aliphatic rings. The van der Waals surface area contributed by atoms with E-state index in [9.17, 15) is 4.79 Å². The molecule has 0 unspecified atom stereocenters. The largest absolute Gasteiger partial charge is 0.379 e. The smallest absolute Gasteiger partial charge is 0.277 e. The molecule has 0 saturated carbocycles. The Morgan fingerprint density at radius 1 is 1.26 bits per heavy atom. The summed E-state index contributed by atoms with van der Waals surface area (Å²) in [5.41, 5.74) is 2.13. The molecule has 3 aromatic rings. The van der Waals surface area contributed by atoms with E-state index in [1.54, 1.807) is 7.05 Å². The van der Waals surface area contributed by atoms with E-state index in [1.165, 1.54) is 10.9 Å². The van der Waals surface area contributed by atoms with Crippen LogP contribution < -0.4 is 5.32 Å². The summed E-state index contributed by atoms with van der Waals surface area (Å²) in [7, 11) is 1.68. The Morgan fingerprint density at radius 3 is 2.78 bits per heavy atom. The van der Waals surface area contributed by atoms with Crippen molar-refractivity contribution in [3.63, 3.8) is 0 Å². The zero-order valence-electron chi connectivity index (χ0n) is 15.1. The number of carbonyl (C=O) groups excluding carboxylic acids is 1. The van der Waals surface area contributed by atoms with Gasteiger partial charge < -0.3 is 9.30 Å². The van der Waals surface area contributed by atoms with Crippen molar-refractivity contribution in [3.05, 3.63) is 41.2 Å². The summed E-state index contributed by atoms with van der Waals surface area (Å²) in [5, 5.41) is 7.23. The fourth-order valence-corrected chi connectivity index (χ4v) is 3.54. The lowest BCUT2D eigenvalue weighted by Crippen LogP contribution is -2.38. The molecule has 0 spiro atoms. The minimum absolute atomic E-state index is 0.309. The molecule has 27 heavy (non-hydrogen) atoms. The zero-order chi connectivity index (χ0) is 18.8. The van der Waals surface area contributed by atoms with Gasteiger partial charge in [0.15, 0.2) is 0 Å². The molecule has 1 saturated heterocycles. The number of rotatable bonds is 5. The van der Waals surface area contributed by atoms with Crippen LogP contribution in [-0.2, 0) is 18.3 Å². The van der Waals surface area contributed by atoms with Gasteiger partial charge in [-0.1, -0.05) is 23.7 Å². The number of morpholine rings is 1. The monoisotopic (exact) mass is 388 g/mol. The molecule has 1 aliphatic heterocycles. The van der Waals surface area contributed by atoms with Gasteiger partial charge in [0.2, 0.25) is 5.95 Å². The molecule has 0 radical (unpaired) electrons. The molecule has 142 valence electrons. The minimum atomic E-state index is -0.331. The predicted octanol–water partition coefficient (Wildman–Crippen LogP) is 2.01. The number of nitrogens with one attached hydrogen (secondary N) is 1. The number of ether oxygens (including phenoxy) is 1. The van der Waals surface area contributed by atoms with Crippen LogP contribution in [0.25, 0.3) is 11.0 Å². The second-order valence-corrected chi connectivity index (χ2v) is 6.86. The summed E-state index contributed by atoms with van der Waals surface area (Å²) in [5.74, 6) is 0.176. The van der Waals surface area contributed by atoms with Gasteiger partial charge in [-0.3, -0.25) is 19.7 Å². The third-order valence-electron chi connectivity index (χ3n) is 4.73. The number of nitrogens with zero attached hydrogens (tertiary/aromatic N) is 5. The average Bonchev–Trinajstić information content (AvgIpc) is 3.20. The summed E-state index contributed by atoms with van der Waals surface area (Å²) in [4.78, 5) is 19.7. The summed E-state index contributed by atoms with van der Waals surface area (Å²) >= 11 is 6.10. The molecule has 1 fully saturated rings. The van der Waals surface area contributed by atoms with E-state index in [4.69, 9.17) is 16.3 Å². The first-order chi connectivity index (χ1) is 13.1. The van der Waals surface area contributed by atoms with Crippen LogP contribution in [0, 0.1) is 0 Å². The Bertz CT molecular complexity index is 941. The van der Waals surface area contributed by atoms with Gasteiger partial charge in [-0.05, 0) is 12.1 Å². The Hall–Kier alpha value is -2.42. The van der Waals surface area contributed by atoms with E-state index in [0.29, 0.717) is 16.7 Å². The predicted molar refractivity (Wildman–Crippen MR) is 103 cm³/mol. The lowest BCUT2D eigenvalue weighted by Gasteiger charge is -2.26. The van der Waals surface area contributed by atoms with Crippen LogP contribution in [0.5, 0.6) is 0 Å². The van der Waals surface area contributed by atoms with Gasteiger partial charge in [0.1, 0.15) is 5.69 Å². The van der Waals surface area contributed by atoms with Crippen molar-refractivity contribution in [2.75, 3.05) is 38.2 Å². The molecule has 3 heterocycles. The van der Waals surface area contributed by atoms with Gasteiger partial charge >= 0.3 is 0 Å². The number of carbonyl (C=O) groups is 1. The van der Waals surface area contributed by atoms with Crippen LogP contribution >= 0.6 is 11.6 Å². The fourth-order valence-electron chi connectivity index (χ4n) is 3.29. The van der Waals surface area contributed by atoms with Gasteiger partial charge in [0, 0.05) is 33.2 Å². The van der Waals surface area contributed by atoms with Crippen molar-refractivity contribution in [1.82, 2.24) is 24.2 Å². The molecular weight excluding hydrogens is 368 g/mol. The lowest BCUT2D eigenvalue weighted by atomic mass is 10.3. The highest BCUT2D eigenvalue weighted by molar-refractivity contribution is 6.34. The molecular formula is C18H21ClN6O2. The molecule has 0 aliphatic carbocycles. The molecule has 4 rings (SSSR count). The van der Waals surface area contributed by atoms with Crippen LogP contribution in [0.2, 0.25) is 5.02 Å². The molecule has 8 nitrogen and oxygen atoms in total. The van der Waals surface area contributed by atoms with E-state index in [0.717, 1.165) is 50.4 Å². The highest BCUT2D eigenvalue weighted by atomic mass is 35.5. The third kappa shape index (κ3) is 3.69. The van der Waals surface area contributed by atoms with Gasteiger partial charge in [0.05, 0.1) is 35.5 Å². The zero-order valence-corrected chi connectivity index (χ0v) is 15.8. The van der Waals surface area contributed by atoms with E-state index in [2.05, 4.69) is 20.3 Å². The number of aromatic nitrogens is 4. The molecule has 1 amide bonds. The molecule has 2 aromatic heterocycles. The quantitative estimate of drug-likeness (QED) is 0.723. The summed E-state index contributed by atoms with van der Waals surface area (Å²) in [6, 6.07) is 7.85. The summed E-state index contributed by atoms with van der Waals surface area (Å²) in [6.45, 7) is 4.92. The SMILES string of the molecule is Cn1ncc(Cl)c1C(=O)Nc1nc2ccccc2n1CCN1CCOCC1. The van der Waals surface area contributed by atoms with E-state index < -0.39 is 0 Å². The van der Waals surface area contributed by atoms with Crippen LogP contribution in [0.1, 0.15) is 10.5 Å². The normalized spacial score (nSPS) is 15.3. The van der Waals surface area contributed by atoms with Crippen LogP contribution in [0.15, 0.2) is 30.5 Å². The number of halogens is 1. The van der Waals surface area contributed by atoms with Crippen LogP contribution in [0.4, 0.5) is 5.95 Å². The highest BCUT2D eigenvalue weighted by Crippen LogP contribution is 2.22. The Kier molecular flexibility index (Phi) is 5.11. The maximum absolute atomic E-state index is 12.7. The van der Waals surface area contributed by atoms with E-state index in [1.807, 2.05) is 28.8 Å². The molecule has 0 bridgehead atoms. The van der Waals surface area contributed by atoms with Gasteiger partial charge in [-0.25, -0.2) is 4.98 Å². The van der Waals surface area contributed by atoms with Crippen LogP contribution in [-0.4, -0.2) is 63.0 Å². The number of imidazole rings is 1. The first kappa shape index (κ1) is 18.0. The lowest BCUT2D eigenvalue weighted by molar-refractivity contribution is 0.0366. The van der Waals surface area contributed by atoms with Crippen molar-refractivity contribution < 1.29 is 9.53 Å². The fraction of sp³-hybridized carbons (Fsp3) is 0.389. The summed E-state index contributed by atoms with van der Waals surface area (Å²) in [6.07, 6.45) is 1.46. The van der Waals surface area contributed by atoms with Crippen molar-refractivity contribution >= 4 is 34.5 Å². The molecule has 0 atom stereocenters. The Morgan fingerprint density at radius 2 is 2.04 bits per heavy atom. The number of benzene rings is 1. The number of fused-ring (bicyclic) bond motifs is 1. The van der Waals surface area contributed by atoms with Crippen LogP contribution in [0.3, 0.4) is 0 Å². The third-order valence-corrected chi connectivity index (χ3v) is 5.01. The van der Waals surface area contributed by atoms with Crippen molar-refractivity contribution in [2.24, 2.45) is 7.05 Å². The van der Waals surface area contributed by atoms with E-state index in [-0.39, 0.29) is 5.91 Å². The first-order valence-corrected chi connectivity index (χ1v) is 9.25. The second kappa shape index (κ2) is 7.67. The standard InChI is InChI=1S/C18H21ClN6O2/c1-23-16(13(19)12-20-23)17(26)22-18-21-14-4-2-3-5-15(14)25(18)7-6-24-8-10-27-11-9-24/h2-5,12H,6-11H2,1H3,(H,21,22,26). The Labute approximate surface area is 161 Å². The summed E-state index contributed by atoms with van der Waals surface area (Å²) < 4.78 is 8.90. The van der Waals surface area contributed by atoms with Gasteiger partial charge in [-0.15, -0.1) is 0 Å². The Balaban J connectivity index is 1.60. The van der Waals surface area contributed by atoms with Gasteiger partial charge in [-0.2, -0.15) is 5.10 Å². The number of hydrogen-bond acceptors (Lipinski definition) is 5. The maximum atomic E-state index is 12.7. The first-order valence-electron chi connectivity index (χ1n) is 8.87. The number of para-hydroxylation sites is 2. The number of aryl methyl sites for hydroxylation is 1. The van der Waals surface area contributed by atoms with Crippen molar-refractivity contribution in [3.8, 4) is 0 Å². The van der Waals surface area contributed by atoms with Crippen molar-refractivity contribution in [2.45, 2.75) is 6.54 Å². The number of anilines is 1. The maximum Gasteiger partial charge on any atom is 0.277 e. The molecule has 9 heteroatoms. The average molecular weight is 389 g/mol.